The zero-order valence-corrected chi connectivity index (χ0v) is 14.5. The third-order valence-corrected chi connectivity index (χ3v) is 4.48. The Kier molecular flexibility index (Phi) is 4.28. The van der Waals surface area contributed by atoms with Gasteiger partial charge in [0.15, 0.2) is 0 Å². The third-order valence-electron chi connectivity index (χ3n) is 4.48. The van der Waals surface area contributed by atoms with Crippen molar-refractivity contribution in [3.8, 4) is 28.2 Å². The van der Waals surface area contributed by atoms with Gasteiger partial charge in [-0.1, -0.05) is 72.8 Å². The van der Waals surface area contributed by atoms with E-state index in [0.717, 1.165) is 34.6 Å². The smallest absolute Gasteiger partial charge is 0.205 e. The quantitative estimate of drug-likeness (QED) is 0.558. The summed E-state index contributed by atoms with van der Waals surface area (Å²) in [6.45, 7) is 3.94. The van der Waals surface area contributed by atoms with E-state index in [1.807, 2.05) is 41.0 Å². The molecule has 0 aliphatic carbocycles. The zero-order valence-electron chi connectivity index (χ0n) is 14.5. The van der Waals surface area contributed by atoms with E-state index in [2.05, 4.69) is 55.5 Å². The van der Waals surface area contributed by atoms with Gasteiger partial charge >= 0.3 is 0 Å². The molecule has 0 unspecified atom stereocenters. The summed E-state index contributed by atoms with van der Waals surface area (Å²) in [5, 5.41) is 0. The lowest BCUT2D eigenvalue weighted by atomic mass is 10.0. The Hall–Kier alpha value is -3.33. The van der Waals surface area contributed by atoms with E-state index in [4.69, 9.17) is 10.7 Å². The van der Waals surface area contributed by atoms with Crippen LogP contribution in [0.15, 0.2) is 84.9 Å². The molecule has 0 aliphatic rings. The molecule has 26 heavy (non-hydrogen) atoms. The monoisotopic (exact) mass is 338 g/mol. The lowest BCUT2D eigenvalue weighted by molar-refractivity contribution is 1.07. The van der Waals surface area contributed by atoms with Crippen LogP contribution in [-0.4, -0.2) is 9.55 Å². The van der Waals surface area contributed by atoms with Gasteiger partial charge in [-0.05, 0) is 31.0 Å². The molecule has 0 amide bonds. The second kappa shape index (κ2) is 6.89. The van der Waals surface area contributed by atoms with Crippen LogP contribution in [0.2, 0.25) is 0 Å². The van der Waals surface area contributed by atoms with E-state index < -0.39 is 0 Å². The van der Waals surface area contributed by atoms with Crippen LogP contribution in [0, 0.1) is 6.92 Å². The molecule has 0 saturated heterocycles. The van der Waals surface area contributed by atoms with Gasteiger partial charge in [0, 0.05) is 16.8 Å². The molecule has 1 heterocycles. The maximum Gasteiger partial charge on any atom is 0.205 e. The van der Waals surface area contributed by atoms with E-state index in [0.29, 0.717) is 5.95 Å². The fraction of sp³-hybridized carbons (Fsp3) is 0.0435. The highest BCUT2D eigenvalue weighted by atomic mass is 15.2. The van der Waals surface area contributed by atoms with Crippen LogP contribution in [0.25, 0.3) is 28.2 Å². The van der Waals surface area contributed by atoms with Gasteiger partial charge in [-0.15, -0.1) is 0 Å². The van der Waals surface area contributed by atoms with Crippen LogP contribution >= 0.6 is 0 Å². The Morgan fingerprint density at radius 1 is 0.769 bits per heavy atom. The number of rotatable bonds is 4. The van der Waals surface area contributed by atoms with Gasteiger partial charge in [-0.2, -0.15) is 0 Å². The van der Waals surface area contributed by atoms with Crippen LogP contribution in [0.5, 0.6) is 0 Å². The van der Waals surface area contributed by atoms with E-state index in [1.165, 1.54) is 5.56 Å². The standard InChI is InChI=1S/C23H20N3/c1-2-17-13-15-20(16-14-17)26-22(19-11-7-4-8-12-19)21(25-23(26)24)18-9-5-3-6-10-18/h3-16H,1-2H2,(H2,24,25). The van der Waals surface area contributed by atoms with Gasteiger partial charge in [0.2, 0.25) is 5.95 Å². The van der Waals surface area contributed by atoms with Crippen LogP contribution in [0.3, 0.4) is 0 Å². The lowest BCUT2D eigenvalue weighted by Gasteiger charge is -2.12. The first-order chi connectivity index (χ1) is 12.8. The summed E-state index contributed by atoms with van der Waals surface area (Å²) >= 11 is 0. The van der Waals surface area contributed by atoms with Crippen molar-refractivity contribution in [2.45, 2.75) is 6.42 Å². The molecular weight excluding hydrogens is 318 g/mol. The fourth-order valence-electron chi connectivity index (χ4n) is 3.17. The maximum atomic E-state index is 6.36. The van der Waals surface area contributed by atoms with Crippen molar-refractivity contribution in [3.05, 3.63) is 97.4 Å². The summed E-state index contributed by atoms with van der Waals surface area (Å²) in [5.41, 5.74) is 12.6. The Morgan fingerprint density at radius 3 is 1.92 bits per heavy atom. The number of nitrogen functional groups attached to an aromatic ring is 1. The number of hydrogen-bond donors (Lipinski definition) is 1. The van der Waals surface area contributed by atoms with Crippen molar-refractivity contribution in [1.82, 2.24) is 9.55 Å². The Bertz CT molecular complexity index is 1000. The predicted octanol–water partition coefficient (Wildman–Crippen LogP) is 5.17. The summed E-state index contributed by atoms with van der Waals surface area (Å²) in [5.74, 6) is 0.477. The first kappa shape index (κ1) is 16.2. The van der Waals surface area contributed by atoms with E-state index >= 15 is 0 Å². The molecule has 3 aromatic carbocycles. The van der Waals surface area contributed by atoms with Gasteiger partial charge in [0.25, 0.3) is 0 Å². The van der Waals surface area contributed by atoms with Crippen LogP contribution in [-0.2, 0) is 6.42 Å². The summed E-state index contributed by atoms with van der Waals surface area (Å²) in [4.78, 5) is 4.70. The molecule has 127 valence electrons. The average molecular weight is 338 g/mol. The topological polar surface area (TPSA) is 43.8 Å². The highest BCUT2D eigenvalue weighted by molar-refractivity contribution is 5.82. The van der Waals surface area contributed by atoms with Crippen LogP contribution < -0.4 is 5.73 Å². The largest absolute Gasteiger partial charge is 0.369 e. The highest BCUT2D eigenvalue weighted by Gasteiger charge is 2.19. The minimum Gasteiger partial charge on any atom is -0.369 e. The predicted molar refractivity (Wildman–Crippen MR) is 108 cm³/mol. The molecular formula is C23H20N3. The Balaban J connectivity index is 1.97. The molecule has 0 fully saturated rings. The van der Waals surface area contributed by atoms with Crippen molar-refractivity contribution in [3.63, 3.8) is 0 Å². The average Bonchev–Trinajstić information content (AvgIpc) is 3.06. The molecule has 0 aliphatic heterocycles. The lowest BCUT2D eigenvalue weighted by Crippen LogP contribution is -2.02. The summed E-state index contributed by atoms with van der Waals surface area (Å²) < 4.78 is 2.02. The van der Waals surface area contributed by atoms with Gasteiger partial charge in [-0.3, -0.25) is 4.57 Å². The molecule has 3 heteroatoms. The summed E-state index contributed by atoms with van der Waals surface area (Å²) in [6.07, 6.45) is 0.764. The highest BCUT2D eigenvalue weighted by Crippen LogP contribution is 2.35. The second-order valence-corrected chi connectivity index (χ2v) is 6.15. The van der Waals surface area contributed by atoms with Gasteiger partial charge < -0.3 is 5.73 Å². The van der Waals surface area contributed by atoms with Crippen molar-refractivity contribution in [2.75, 3.05) is 5.73 Å². The second-order valence-electron chi connectivity index (χ2n) is 6.15. The number of aromatic nitrogens is 2. The number of nitrogens with zero attached hydrogens (tertiary/aromatic N) is 2. The Morgan fingerprint density at radius 2 is 1.35 bits per heavy atom. The number of imidazole rings is 1. The molecule has 1 radical (unpaired) electrons. The molecule has 0 bridgehead atoms. The number of anilines is 1. The first-order valence-corrected chi connectivity index (χ1v) is 8.65. The third kappa shape index (κ3) is 2.88. The zero-order chi connectivity index (χ0) is 17.9. The van der Waals surface area contributed by atoms with Gasteiger partial charge in [0.1, 0.15) is 0 Å². The molecule has 3 nitrogen and oxygen atoms in total. The number of benzene rings is 3. The molecule has 0 atom stereocenters. The molecule has 2 N–H and O–H groups in total. The first-order valence-electron chi connectivity index (χ1n) is 8.65. The van der Waals surface area contributed by atoms with Crippen LogP contribution in [0.4, 0.5) is 5.95 Å². The molecule has 1 aromatic heterocycles. The Labute approximate surface area is 153 Å². The normalized spacial score (nSPS) is 10.8. The number of hydrogen-bond acceptors (Lipinski definition) is 2. The van der Waals surface area contributed by atoms with Crippen molar-refractivity contribution in [1.29, 1.82) is 0 Å². The minimum atomic E-state index is 0.477. The molecule has 4 rings (SSSR count). The van der Waals surface area contributed by atoms with Crippen molar-refractivity contribution in [2.24, 2.45) is 0 Å². The van der Waals surface area contributed by atoms with Gasteiger partial charge in [0.05, 0.1) is 11.4 Å². The van der Waals surface area contributed by atoms with Crippen molar-refractivity contribution >= 4 is 5.95 Å². The minimum absolute atomic E-state index is 0.477. The van der Waals surface area contributed by atoms with E-state index in [9.17, 15) is 0 Å². The van der Waals surface area contributed by atoms with E-state index in [1.54, 1.807) is 0 Å². The maximum absolute atomic E-state index is 6.36. The number of nitrogens with two attached hydrogens (primary N) is 1. The molecule has 0 saturated carbocycles. The SMILES string of the molecule is [CH2]Cc1ccc(-n2c(N)nc(-c3ccccc3)c2-c2ccccc2)cc1. The molecule has 4 aromatic rings. The van der Waals surface area contributed by atoms with Crippen molar-refractivity contribution < 1.29 is 0 Å². The fourth-order valence-corrected chi connectivity index (χ4v) is 3.17. The van der Waals surface area contributed by atoms with Crippen LogP contribution in [0.1, 0.15) is 5.56 Å². The van der Waals surface area contributed by atoms with E-state index in [-0.39, 0.29) is 0 Å². The summed E-state index contributed by atoms with van der Waals surface area (Å²) in [7, 11) is 0. The molecule has 0 spiro atoms. The summed E-state index contributed by atoms with van der Waals surface area (Å²) in [6, 6.07) is 28.7. The van der Waals surface area contributed by atoms with Gasteiger partial charge in [-0.25, -0.2) is 4.98 Å².